The van der Waals surface area contributed by atoms with Crippen LogP contribution in [0.25, 0.3) is 0 Å². The number of nitrogen functional groups attached to an aromatic ring is 1. The molecule has 1 atom stereocenters. The predicted octanol–water partition coefficient (Wildman–Crippen LogP) is 6.94. The fourth-order valence-electron chi connectivity index (χ4n) is 6.38. The van der Waals surface area contributed by atoms with E-state index < -0.39 is 6.04 Å². The van der Waals surface area contributed by atoms with Crippen molar-refractivity contribution in [3.05, 3.63) is 59.7 Å². The Morgan fingerprint density at radius 2 is 1.25 bits per heavy atom. The minimum Gasteiger partial charge on any atom is -0.496 e. The summed E-state index contributed by atoms with van der Waals surface area (Å²) in [6.07, 6.45) is 11.1. The number of benzene rings is 2. The van der Waals surface area contributed by atoms with E-state index in [9.17, 15) is 0 Å². The smallest absolute Gasteiger partial charge is 0.287 e. The third-order valence-corrected chi connectivity index (χ3v) is 9.56. The number of hydrogen-bond acceptors (Lipinski definition) is 15. The number of anilines is 1. The van der Waals surface area contributed by atoms with Crippen molar-refractivity contribution in [2.24, 2.45) is 41.5 Å². The first-order valence-electron chi connectivity index (χ1n) is 20.0. The van der Waals surface area contributed by atoms with Crippen molar-refractivity contribution in [3.63, 3.8) is 0 Å². The monoisotopic (exact) mass is 787 g/mol. The van der Waals surface area contributed by atoms with Crippen molar-refractivity contribution in [1.82, 2.24) is 9.97 Å². The van der Waals surface area contributed by atoms with Crippen LogP contribution in [0.3, 0.4) is 0 Å². The van der Waals surface area contributed by atoms with Gasteiger partial charge < -0.3 is 34.9 Å². The van der Waals surface area contributed by atoms with Crippen molar-refractivity contribution >= 4 is 35.1 Å². The number of nitrogens with two attached hydrogens (primary N) is 3. The van der Waals surface area contributed by atoms with Gasteiger partial charge in [0.25, 0.3) is 17.4 Å². The zero-order valence-electron chi connectivity index (χ0n) is 34.4. The summed E-state index contributed by atoms with van der Waals surface area (Å²) in [4.78, 5) is 16.0. The zero-order chi connectivity index (χ0) is 40.9. The Morgan fingerprint density at radius 1 is 0.702 bits per heavy atom. The molecule has 3 aliphatic heterocycles. The van der Waals surface area contributed by atoms with Crippen LogP contribution in [0.2, 0.25) is 0 Å². The van der Waals surface area contributed by atoms with Crippen LogP contribution >= 0.6 is 0 Å². The largest absolute Gasteiger partial charge is 0.496 e. The van der Waals surface area contributed by atoms with Crippen LogP contribution in [-0.2, 0) is 18.0 Å². The minimum absolute atomic E-state index is 0.0855. The van der Waals surface area contributed by atoms with Crippen LogP contribution in [0.4, 0.5) is 17.5 Å². The number of nitrogens with zero attached hydrogens (tertiary/aromatic N) is 10. The highest BCUT2D eigenvalue weighted by Gasteiger charge is 2.32. The molecule has 57 heavy (non-hydrogen) atoms. The molecule has 0 spiro atoms. The number of guanidine groups is 1. The number of methoxy groups -OCH3 is 2. The molecule has 0 aliphatic carbocycles. The Bertz CT molecular complexity index is 1830. The molecule has 2 aromatic carbocycles. The lowest BCUT2D eigenvalue weighted by molar-refractivity contribution is -0.929. The Kier molecular flexibility index (Phi) is 18.2. The van der Waals surface area contributed by atoms with E-state index in [2.05, 4.69) is 73.4 Å². The molecule has 0 fully saturated rings. The van der Waals surface area contributed by atoms with Gasteiger partial charge in [0.15, 0.2) is 5.84 Å². The Morgan fingerprint density at radius 3 is 1.79 bits per heavy atom. The van der Waals surface area contributed by atoms with Gasteiger partial charge in [-0.25, -0.2) is 0 Å². The van der Waals surface area contributed by atoms with Gasteiger partial charge in [-0.3, -0.25) is 0 Å². The molecule has 1 unspecified atom stereocenters. The second-order valence-electron chi connectivity index (χ2n) is 13.8. The van der Waals surface area contributed by atoms with Crippen molar-refractivity contribution in [1.29, 1.82) is 0 Å². The maximum atomic E-state index is 5.70. The van der Waals surface area contributed by atoms with Gasteiger partial charge in [-0.15, -0.1) is 10.2 Å². The van der Waals surface area contributed by atoms with Gasteiger partial charge in [0.05, 0.1) is 40.4 Å². The van der Waals surface area contributed by atoms with E-state index in [0.29, 0.717) is 35.7 Å². The lowest BCUT2D eigenvalue weighted by Gasteiger charge is -2.39. The molecule has 0 amide bonds. The molecule has 0 saturated carbocycles. The van der Waals surface area contributed by atoms with Crippen molar-refractivity contribution < 1.29 is 28.9 Å². The zero-order valence-corrected chi connectivity index (χ0v) is 34.4. The number of hydrogen-bond donors (Lipinski definition) is 3. The lowest BCUT2D eigenvalue weighted by Crippen LogP contribution is -2.69. The first kappa shape index (κ1) is 44.2. The quantitative estimate of drug-likeness (QED) is 0.0851. The fourth-order valence-corrected chi connectivity index (χ4v) is 6.38. The van der Waals surface area contributed by atoms with Crippen LogP contribution in [0, 0.1) is 0 Å². The summed E-state index contributed by atoms with van der Waals surface area (Å²) < 4.78 is 23.3. The number of para-hydroxylation sites is 2. The number of aliphatic imine (C=N–C) groups is 2. The lowest BCUT2D eigenvalue weighted by atomic mass is 10.1. The molecule has 4 heterocycles. The van der Waals surface area contributed by atoms with Gasteiger partial charge in [-0.1, -0.05) is 94.9 Å². The average Bonchev–Trinajstić information content (AvgIpc) is 3.92. The molecular weight excluding hydrogens is 727 g/mol. The molecule has 0 saturated heterocycles. The second kappa shape index (κ2) is 23.5. The topological polar surface area (TPSA) is 218 Å². The molecule has 17 heteroatoms. The molecule has 6 N–H and O–H groups in total. The highest BCUT2D eigenvalue weighted by atomic mass is 16.5. The fraction of sp³-hybridized carbons (Fsp3) is 0.525. The number of quaternary nitrogens is 2. The van der Waals surface area contributed by atoms with E-state index in [-0.39, 0.29) is 18.5 Å². The maximum Gasteiger partial charge on any atom is 0.287 e. The Balaban J connectivity index is 0.000000191. The average molecular weight is 788 g/mol. The molecule has 3 aromatic rings. The summed E-state index contributed by atoms with van der Waals surface area (Å²) in [6, 6.07) is 14.7. The number of unbranched alkanes of at least 4 members (excludes halogenated alkanes) is 4. The summed E-state index contributed by atoms with van der Waals surface area (Å²) in [5, 5.41) is 18.9. The molecule has 0 bridgehead atoms. The first-order chi connectivity index (χ1) is 27.8. The van der Waals surface area contributed by atoms with Gasteiger partial charge in [0.1, 0.15) is 24.7 Å². The molecular formula is C40H61N13O4+2. The van der Waals surface area contributed by atoms with Crippen LogP contribution in [-0.4, -0.2) is 78.6 Å². The molecule has 1 aromatic heterocycles. The predicted molar refractivity (Wildman–Crippen MR) is 222 cm³/mol. The number of amidine groups is 1. The van der Waals surface area contributed by atoms with E-state index >= 15 is 0 Å². The third-order valence-electron chi connectivity index (χ3n) is 9.56. The van der Waals surface area contributed by atoms with E-state index in [0.717, 1.165) is 22.6 Å². The first-order valence-corrected chi connectivity index (χ1v) is 20.0. The van der Waals surface area contributed by atoms with Crippen molar-refractivity contribution in [2.75, 3.05) is 46.1 Å². The molecule has 3 aliphatic rings. The van der Waals surface area contributed by atoms with Gasteiger partial charge in [-0.05, 0) is 43.0 Å². The Hall–Kier alpha value is -5.55. The second-order valence-corrected chi connectivity index (χ2v) is 13.8. The van der Waals surface area contributed by atoms with Crippen molar-refractivity contribution in [2.45, 2.75) is 98.3 Å². The maximum absolute atomic E-state index is 5.70. The third kappa shape index (κ3) is 13.3. The number of fused-ring (bicyclic) bond motifs is 2. The van der Waals surface area contributed by atoms with Gasteiger partial charge >= 0.3 is 0 Å². The molecule has 17 nitrogen and oxygen atoms in total. The SMILES string of the molecule is CCCC[N+](CCCC)(CCCC)CCCC.COc1ccccc1COC1=NC(N)=NC2=NN=NC21.COc1ccccc1COc1nc(N)nc2c1[NH2+]N=N2. The highest BCUT2D eigenvalue weighted by Crippen LogP contribution is 2.31. The molecule has 6 rings (SSSR count). The number of aromatic nitrogens is 2. The van der Waals surface area contributed by atoms with E-state index in [1.54, 1.807) is 19.6 Å². The summed E-state index contributed by atoms with van der Waals surface area (Å²) >= 11 is 0. The normalized spacial score (nSPS) is 14.8. The van der Waals surface area contributed by atoms with Gasteiger partial charge in [0.2, 0.25) is 23.8 Å². The summed E-state index contributed by atoms with van der Waals surface area (Å²) in [5.41, 5.74) is 15.2. The van der Waals surface area contributed by atoms with Gasteiger partial charge in [0, 0.05) is 16.4 Å². The standard InChI is InChI=1S/C16H36N.2C12H12N6O2/c1-5-9-13-17(14-10-6-2,15-11-7-3)16-12-8-4;2*1-19-8-5-3-2-4-7(8)6-20-11-9-10(17-18-16-9)14-12(13)15-11/h5-16H2,1-4H3;2-5H,6H2,1H3,(H3,13,14,15,16,17,18);2-5,9H,6H2,1H3,(H2,13,14,16,17)/q+1;;/p+1. The molecule has 308 valence electrons. The Labute approximate surface area is 336 Å². The van der Waals surface area contributed by atoms with E-state index in [1.807, 2.05) is 48.5 Å². The van der Waals surface area contributed by atoms with Crippen LogP contribution < -0.4 is 31.1 Å². The van der Waals surface area contributed by atoms with Gasteiger partial charge in [-0.2, -0.15) is 25.4 Å². The van der Waals surface area contributed by atoms with Crippen LogP contribution in [0.15, 0.2) is 84.3 Å². The van der Waals surface area contributed by atoms with E-state index in [1.165, 1.54) is 82.0 Å². The van der Waals surface area contributed by atoms with Crippen molar-refractivity contribution in [3.8, 4) is 17.4 Å². The summed E-state index contributed by atoms with van der Waals surface area (Å²) in [6.45, 7) is 15.6. The minimum atomic E-state index is -0.503. The van der Waals surface area contributed by atoms with Crippen LogP contribution in [0.1, 0.15) is 90.2 Å². The van der Waals surface area contributed by atoms with E-state index in [4.69, 9.17) is 30.4 Å². The summed E-state index contributed by atoms with van der Waals surface area (Å²) in [5.74, 6) is 3.21. The summed E-state index contributed by atoms with van der Waals surface area (Å²) in [7, 11) is 3.22. The highest BCUT2D eigenvalue weighted by molar-refractivity contribution is 6.17. The van der Waals surface area contributed by atoms with Crippen LogP contribution in [0.5, 0.6) is 17.4 Å². The molecule has 0 radical (unpaired) electrons. The number of ether oxygens (including phenoxy) is 4. The number of rotatable bonds is 19.